The normalized spacial score (nSPS) is 24.0. The van der Waals surface area contributed by atoms with Crippen LogP contribution in [-0.2, 0) is 9.53 Å². The second-order valence-corrected chi connectivity index (χ2v) is 6.32. The van der Waals surface area contributed by atoms with E-state index >= 15 is 0 Å². The first-order valence-corrected chi connectivity index (χ1v) is 7.58. The highest BCUT2D eigenvalue weighted by Gasteiger charge is 2.51. The Balaban J connectivity index is 1.53. The summed E-state index contributed by atoms with van der Waals surface area (Å²) in [6.45, 7) is 3.54. The van der Waals surface area contributed by atoms with Gasteiger partial charge in [-0.25, -0.2) is 9.67 Å². The van der Waals surface area contributed by atoms with Crippen molar-refractivity contribution in [2.75, 3.05) is 37.7 Å². The van der Waals surface area contributed by atoms with Gasteiger partial charge in [0.15, 0.2) is 5.65 Å². The summed E-state index contributed by atoms with van der Waals surface area (Å²) >= 11 is 0. The molecule has 0 aliphatic carbocycles. The molecule has 5 heterocycles. The lowest BCUT2D eigenvalue weighted by atomic mass is 9.80. The summed E-state index contributed by atoms with van der Waals surface area (Å²) in [4.78, 5) is 23.3. The second-order valence-electron chi connectivity index (χ2n) is 6.32. The standard InChI is InChI=1S/C14H16N6O2/c21-12-14(7-15-8-14)1-2-19(12)13-16-3-9-4-17-20(11(9)18-13)10-5-22-6-10/h3-4,10,15H,1-2,5-8H2. The van der Waals surface area contributed by atoms with Crippen molar-refractivity contribution in [2.45, 2.75) is 12.5 Å². The van der Waals surface area contributed by atoms with Crippen LogP contribution < -0.4 is 10.2 Å². The Morgan fingerprint density at radius 3 is 2.82 bits per heavy atom. The molecule has 5 rings (SSSR count). The molecule has 0 unspecified atom stereocenters. The van der Waals surface area contributed by atoms with Crippen molar-refractivity contribution in [3.8, 4) is 0 Å². The molecule has 1 N–H and O–H groups in total. The number of carbonyl (C=O) groups excluding carboxylic acids is 1. The fraction of sp³-hybridized carbons (Fsp3) is 0.571. The Hall–Kier alpha value is -2.06. The number of carbonyl (C=O) groups is 1. The number of amides is 1. The van der Waals surface area contributed by atoms with Crippen LogP contribution in [0.2, 0.25) is 0 Å². The molecule has 8 heteroatoms. The van der Waals surface area contributed by atoms with Crippen molar-refractivity contribution in [2.24, 2.45) is 5.41 Å². The molecular formula is C14H16N6O2. The van der Waals surface area contributed by atoms with Gasteiger partial charge in [0.05, 0.1) is 30.2 Å². The Bertz CT molecular complexity index is 764. The van der Waals surface area contributed by atoms with Crippen molar-refractivity contribution in [1.29, 1.82) is 0 Å². The van der Waals surface area contributed by atoms with Gasteiger partial charge in [-0.3, -0.25) is 9.69 Å². The van der Waals surface area contributed by atoms with Crippen LogP contribution in [0, 0.1) is 5.41 Å². The van der Waals surface area contributed by atoms with Gasteiger partial charge in [0.1, 0.15) is 6.04 Å². The molecule has 3 saturated heterocycles. The molecule has 1 spiro atoms. The fourth-order valence-corrected chi connectivity index (χ4v) is 3.35. The average molecular weight is 300 g/mol. The van der Waals surface area contributed by atoms with E-state index in [2.05, 4.69) is 20.4 Å². The van der Waals surface area contributed by atoms with Gasteiger partial charge >= 0.3 is 0 Å². The van der Waals surface area contributed by atoms with Crippen molar-refractivity contribution in [3.05, 3.63) is 12.4 Å². The Morgan fingerprint density at radius 2 is 2.18 bits per heavy atom. The Morgan fingerprint density at radius 1 is 1.32 bits per heavy atom. The van der Waals surface area contributed by atoms with Crippen LogP contribution in [0.1, 0.15) is 12.5 Å². The van der Waals surface area contributed by atoms with Crippen LogP contribution in [0.25, 0.3) is 11.0 Å². The lowest BCUT2D eigenvalue weighted by Gasteiger charge is -2.36. The van der Waals surface area contributed by atoms with E-state index < -0.39 is 0 Å². The third-order valence-corrected chi connectivity index (χ3v) is 4.97. The first-order chi connectivity index (χ1) is 10.8. The molecule has 22 heavy (non-hydrogen) atoms. The number of nitrogens with one attached hydrogen (secondary N) is 1. The molecule has 0 atom stereocenters. The van der Waals surface area contributed by atoms with E-state index in [1.165, 1.54) is 0 Å². The van der Waals surface area contributed by atoms with Gasteiger partial charge in [-0.15, -0.1) is 0 Å². The van der Waals surface area contributed by atoms with Gasteiger partial charge in [-0.2, -0.15) is 10.1 Å². The molecule has 0 radical (unpaired) electrons. The van der Waals surface area contributed by atoms with E-state index in [1.807, 2.05) is 4.68 Å². The number of ether oxygens (including phenoxy) is 1. The average Bonchev–Trinajstić information content (AvgIpc) is 2.98. The highest BCUT2D eigenvalue weighted by Crippen LogP contribution is 2.37. The van der Waals surface area contributed by atoms with Crippen molar-refractivity contribution >= 4 is 22.9 Å². The molecule has 0 bridgehead atoms. The summed E-state index contributed by atoms with van der Waals surface area (Å²) in [7, 11) is 0. The van der Waals surface area contributed by atoms with E-state index in [0.29, 0.717) is 25.7 Å². The second kappa shape index (κ2) is 4.23. The van der Waals surface area contributed by atoms with E-state index in [1.54, 1.807) is 17.3 Å². The third kappa shape index (κ3) is 1.53. The third-order valence-electron chi connectivity index (χ3n) is 4.97. The van der Waals surface area contributed by atoms with Crippen molar-refractivity contribution in [1.82, 2.24) is 25.1 Å². The number of aromatic nitrogens is 4. The lowest BCUT2D eigenvalue weighted by molar-refractivity contribution is -0.127. The molecule has 0 aromatic carbocycles. The molecule has 2 aromatic rings. The minimum absolute atomic E-state index is 0.142. The van der Waals surface area contributed by atoms with Crippen LogP contribution in [0.4, 0.5) is 5.95 Å². The van der Waals surface area contributed by atoms with Gasteiger partial charge in [0.2, 0.25) is 11.9 Å². The van der Waals surface area contributed by atoms with Gasteiger partial charge < -0.3 is 10.1 Å². The van der Waals surface area contributed by atoms with Crippen LogP contribution in [0.15, 0.2) is 12.4 Å². The number of hydrogen-bond donors (Lipinski definition) is 1. The minimum atomic E-state index is -0.222. The van der Waals surface area contributed by atoms with Crippen LogP contribution in [0.3, 0.4) is 0 Å². The van der Waals surface area contributed by atoms with Gasteiger partial charge in [0, 0.05) is 25.8 Å². The minimum Gasteiger partial charge on any atom is -0.377 e. The summed E-state index contributed by atoms with van der Waals surface area (Å²) in [6, 6.07) is 0.233. The zero-order valence-electron chi connectivity index (χ0n) is 12.0. The number of nitrogens with zero attached hydrogens (tertiary/aromatic N) is 5. The molecule has 1 amide bonds. The van der Waals surface area contributed by atoms with Gasteiger partial charge in [-0.05, 0) is 6.42 Å². The predicted molar refractivity (Wildman–Crippen MR) is 77.5 cm³/mol. The van der Waals surface area contributed by atoms with E-state index in [9.17, 15) is 4.79 Å². The monoisotopic (exact) mass is 300 g/mol. The van der Waals surface area contributed by atoms with Crippen LogP contribution in [0.5, 0.6) is 0 Å². The Kier molecular flexibility index (Phi) is 2.40. The summed E-state index contributed by atoms with van der Waals surface area (Å²) in [5.74, 6) is 0.631. The maximum atomic E-state index is 12.6. The maximum Gasteiger partial charge on any atom is 0.238 e. The predicted octanol–water partition coefficient (Wildman–Crippen LogP) is -0.276. The number of hydrogen-bond acceptors (Lipinski definition) is 6. The molecule has 3 aliphatic rings. The molecule has 8 nitrogen and oxygen atoms in total. The fourth-order valence-electron chi connectivity index (χ4n) is 3.35. The summed E-state index contributed by atoms with van der Waals surface area (Å²) in [5, 5.41) is 8.47. The van der Waals surface area contributed by atoms with Crippen molar-refractivity contribution < 1.29 is 9.53 Å². The highest BCUT2D eigenvalue weighted by molar-refractivity contribution is 6.00. The van der Waals surface area contributed by atoms with E-state index in [4.69, 9.17) is 4.74 Å². The molecule has 3 aliphatic heterocycles. The van der Waals surface area contributed by atoms with Crippen LogP contribution >= 0.6 is 0 Å². The zero-order chi connectivity index (χ0) is 14.7. The summed E-state index contributed by atoms with van der Waals surface area (Å²) < 4.78 is 7.11. The first-order valence-electron chi connectivity index (χ1n) is 7.58. The zero-order valence-corrected chi connectivity index (χ0v) is 12.0. The first kappa shape index (κ1) is 12.5. The number of anilines is 1. The lowest BCUT2D eigenvalue weighted by Crippen LogP contribution is -2.57. The Labute approximate surface area is 126 Å². The highest BCUT2D eigenvalue weighted by atomic mass is 16.5. The molecule has 2 aromatic heterocycles. The van der Waals surface area contributed by atoms with E-state index in [0.717, 1.165) is 30.5 Å². The van der Waals surface area contributed by atoms with Crippen molar-refractivity contribution in [3.63, 3.8) is 0 Å². The molecular weight excluding hydrogens is 284 g/mol. The summed E-state index contributed by atoms with van der Waals surface area (Å²) in [6.07, 6.45) is 4.38. The number of fused-ring (bicyclic) bond motifs is 1. The summed E-state index contributed by atoms with van der Waals surface area (Å²) in [5.41, 5.74) is 0.555. The maximum absolute atomic E-state index is 12.6. The smallest absolute Gasteiger partial charge is 0.238 e. The largest absolute Gasteiger partial charge is 0.377 e. The topological polar surface area (TPSA) is 85.2 Å². The molecule has 114 valence electrons. The number of rotatable bonds is 2. The molecule has 3 fully saturated rings. The van der Waals surface area contributed by atoms with Gasteiger partial charge in [0.25, 0.3) is 0 Å². The van der Waals surface area contributed by atoms with E-state index in [-0.39, 0.29) is 17.4 Å². The molecule has 0 saturated carbocycles. The van der Waals surface area contributed by atoms with Crippen LogP contribution in [-0.4, -0.2) is 58.5 Å². The quantitative estimate of drug-likeness (QED) is 0.821. The SMILES string of the molecule is O=C1N(c2ncc3cnn(C4COC4)c3n2)CCC12CNC2. The van der Waals surface area contributed by atoms with Gasteiger partial charge in [-0.1, -0.05) is 0 Å².